The second-order valence-electron chi connectivity index (χ2n) is 3.89. The predicted octanol–water partition coefficient (Wildman–Crippen LogP) is -0.386. The molecule has 2 heterocycles. The number of hydrogen-bond donors (Lipinski definition) is 2. The molecule has 8 nitrogen and oxygen atoms in total. The molecule has 8 heteroatoms. The van der Waals surface area contributed by atoms with Crippen LogP contribution in [-0.2, 0) is 13.1 Å². The van der Waals surface area contributed by atoms with Gasteiger partial charge in [-0.25, -0.2) is 9.67 Å². The highest BCUT2D eigenvalue weighted by Crippen LogP contribution is 2.09. The largest absolute Gasteiger partial charge is 0.396 e. The highest BCUT2D eigenvalue weighted by atomic mass is 16.1. The van der Waals surface area contributed by atoms with Crippen molar-refractivity contribution in [2.45, 2.75) is 26.4 Å². The zero-order valence-corrected chi connectivity index (χ0v) is 10.1. The number of hydrogen-bond acceptors (Lipinski definition) is 5. The third-order valence-electron chi connectivity index (χ3n) is 2.46. The van der Waals surface area contributed by atoms with Gasteiger partial charge in [-0.2, -0.15) is 10.2 Å². The molecule has 2 rings (SSSR count). The highest BCUT2D eigenvalue weighted by molar-refractivity contribution is 5.95. The van der Waals surface area contributed by atoms with Gasteiger partial charge in [0.25, 0.3) is 5.91 Å². The summed E-state index contributed by atoms with van der Waals surface area (Å²) in [4.78, 5) is 15.2. The molecule has 4 N–H and O–H groups in total. The Morgan fingerprint density at radius 2 is 2.28 bits per heavy atom. The lowest BCUT2D eigenvalue weighted by molar-refractivity contribution is 0.0995. The molecule has 18 heavy (non-hydrogen) atoms. The van der Waals surface area contributed by atoms with E-state index in [1.54, 1.807) is 10.9 Å². The van der Waals surface area contributed by atoms with Gasteiger partial charge in [0, 0.05) is 12.7 Å². The number of nitrogen functional groups attached to an aromatic ring is 1. The molecule has 0 bridgehead atoms. The minimum atomic E-state index is -0.638. The monoisotopic (exact) mass is 249 g/mol. The molecule has 0 fully saturated rings. The molecule has 0 aromatic carbocycles. The van der Waals surface area contributed by atoms with Gasteiger partial charge in [0.2, 0.25) is 0 Å². The number of anilines is 1. The van der Waals surface area contributed by atoms with Crippen molar-refractivity contribution in [1.82, 2.24) is 24.5 Å². The molecule has 0 spiro atoms. The van der Waals surface area contributed by atoms with Gasteiger partial charge in [0.1, 0.15) is 18.7 Å². The number of nitrogens with zero attached hydrogens (tertiary/aromatic N) is 5. The number of amides is 1. The number of carbonyl (C=O) groups is 1. The molecule has 1 amide bonds. The van der Waals surface area contributed by atoms with Crippen molar-refractivity contribution in [1.29, 1.82) is 0 Å². The summed E-state index contributed by atoms with van der Waals surface area (Å²) in [6.07, 6.45) is 4.02. The molecule has 2 aromatic rings. The first kappa shape index (κ1) is 12.1. The lowest BCUT2D eigenvalue weighted by Crippen LogP contribution is -2.15. The molecule has 0 saturated carbocycles. The lowest BCUT2D eigenvalue weighted by Gasteiger charge is -2.04. The fourth-order valence-corrected chi connectivity index (χ4v) is 1.66. The van der Waals surface area contributed by atoms with E-state index in [9.17, 15) is 4.79 Å². The number of nitrogens with two attached hydrogens (primary N) is 2. The van der Waals surface area contributed by atoms with Crippen LogP contribution in [0.3, 0.4) is 0 Å². The number of rotatable bonds is 5. The smallest absolute Gasteiger partial charge is 0.271 e. The van der Waals surface area contributed by atoms with Crippen molar-refractivity contribution in [3.8, 4) is 0 Å². The van der Waals surface area contributed by atoms with E-state index in [1.807, 2.05) is 0 Å². The summed E-state index contributed by atoms with van der Waals surface area (Å²) in [6, 6.07) is 0. The quantitative estimate of drug-likeness (QED) is 0.748. The third-order valence-corrected chi connectivity index (χ3v) is 2.46. The molecule has 96 valence electrons. The zero-order chi connectivity index (χ0) is 13.1. The highest BCUT2D eigenvalue weighted by Gasteiger charge is 2.13. The van der Waals surface area contributed by atoms with Gasteiger partial charge in [0.05, 0.1) is 5.69 Å². The first-order valence-electron chi connectivity index (χ1n) is 5.61. The van der Waals surface area contributed by atoms with E-state index < -0.39 is 5.91 Å². The van der Waals surface area contributed by atoms with Crippen LogP contribution in [0.4, 0.5) is 5.69 Å². The third kappa shape index (κ3) is 2.31. The summed E-state index contributed by atoms with van der Waals surface area (Å²) in [7, 11) is 0. The topological polar surface area (TPSA) is 118 Å². The molecule has 0 atom stereocenters. The standard InChI is InChI=1S/C10H15N7O/c1-2-3-17-8(13-6-14-17)5-16-4-7(11)9(15-16)10(12)18/h4,6H,2-3,5,11H2,1H3,(H2,12,18). The van der Waals surface area contributed by atoms with Crippen molar-refractivity contribution in [3.05, 3.63) is 24.0 Å². The number of aromatic nitrogens is 5. The average Bonchev–Trinajstić information content (AvgIpc) is 2.87. The van der Waals surface area contributed by atoms with Crippen LogP contribution >= 0.6 is 0 Å². The Morgan fingerprint density at radius 1 is 1.50 bits per heavy atom. The Hall–Kier alpha value is -2.38. The van der Waals surface area contributed by atoms with Gasteiger partial charge in [-0.15, -0.1) is 0 Å². The van der Waals surface area contributed by atoms with Crippen molar-refractivity contribution < 1.29 is 4.79 Å². The van der Waals surface area contributed by atoms with Crippen LogP contribution in [0.15, 0.2) is 12.5 Å². The van der Waals surface area contributed by atoms with Crippen molar-refractivity contribution >= 4 is 11.6 Å². The number of carbonyl (C=O) groups excluding carboxylic acids is 1. The van der Waals surface area contributed by atoms with Crippen LogP contribution in [0.1, 0.15) is 29.7 Å². The molecule has 2 aromatic heterocycles. The average molecular weight is 249 g/mol. The Labute approximate surface area is 104 Å². The van der Waals surface area contributed by atoms with Crippen LogP contribution in [0.5, 0.6) is 0 Å². The fourth-order valence-electron chi connectivity index (χ4n) is 1.66. The fraction of sp³-hybridized carbons (Fsp3) is 0.400. The van der Waals surface area contributed by atoms with Gasteiger partial charge >= 0.3 is 0 Å². The van der Waals surface area contributed by atoms with Gasteiger partial charge in [-0.05, 0) is 6.42 Å². The second-order valence-corrected chi connectivity index (χ2v) is 3.89. The van der Waals surface area contributed by atoms with Crippen LogP contribution in [0.2, 0.25) is 0 Å². The van der Waals surface area contributed by atoms with Gasteiger partial charge in [-0.3, -0.25) is 9.48 Å². The Morgan fingerprint density at radius 3 is 2.89 bits per heavy atom. The normalized spacial score (nSPS) is 10.7. The molecule has 0 saturated heterocycles. The van der Waals surface area contributed by atoms with Crippen molar-refractivity contribution in [2.75, 3.05) is 5.73 Å². The van der Waals surface area contributed by atoms with E-state index in [0.29, 0.717) is 6.54 Å². The maximum absolute atomic E-state index is 11.0. The molecule has 0 aliphatic carbocycles. The van der Waals surface area contributed by atoms with E-state index in [4.69, 9.17) is 11.5 Å². The van der Waals surface area contributed by atoms with E-state index >= 15 is 0 Å². The first-order chi connectivity index (χ1) is 8.61. The summed E-state index contributed by atoms with van der Waals surface area (Å²) in [5.74, 6) is 0.122. The van der Waals surface area contributed by atoms with Gasteiger partial charge in [-0.1, -0.05) is 6.92 Å². The summed E-state index contributed by atoms with van der Waals surface area (Å²) in [5, 5.41) is 8.13. The first-order valence-corrected chi connectivity index (χ1v) is 5.61. The molecule has 0 aliphatic rings. The Bertz CT molecular complexity index is 556. The molecule has 0 radical (unpaired) electrons. The molecular formula is C10H15N7O. The molecule has 0 aliphatic heterocycles. The van der Waals surface area contributed by atoms with Crippen LogP contribution < -0.4 is 11.5 Å². The van der Waals surface area contributed by atoms with Crippen molar-refractivity contribution in [2.24, 2.45) is 5.73 Å². The Kier molecular flexibility index (Phi) is 3.26. The zero-order valence-electron chi connectivity index (χ0n) is 10.1. The van der Waals surface area contributed by atoms with E-state index in [1.165, 1.54) is 11.0 Å². The van der Waals surface area contributed by atoms with Gasteiger partial charge < -0.3 is 11.5 Å². The van der Waals surface area contributed by atoms with Crippen LogP contribution in [0, 0.1) is 0 Å². The van der Waals surface area contributed by atoms with Crippen molar-refractivity contribution in [3.63, 3.8) is 0 Å². The minimum absolute atomic E-state index is 0.0801. The van der Waals surface area contributed by atoms with Gasteiger partial charge in [0.15, 0.2) is 5.69 Å². The SMILES string of the molecule is CCCn1ncnc1Cn1cc(N)c(C(N)=O)n1. The lowest BCUT2D eigenvalue weighted by atomic mass is 10.4. The minimum Gasteiger partial charge on any atom is -0.396 e. The van der Waals surface area contributed by atoms with Crippen LogP contribution in [0.25, 0.3) is 0 Å². The van der Waals surface area contributed by atoms with E-state index in [0.717, 1.165) is 18.8 Å². The van der Waals surface area contributed by atoms with E-state index in [2.05, 4.69) is 22.1 Å². The summed E-state index contributed by atoms with van der Waals surface area (Å²) in [6.45, 7) is 3.24. The molecular weight excluding hydrogens is 234 g/mol. The second kappa shape index (κ2) is 4.86. The maximum Gasteiger partial charge on any atom is 0.271 e. The summed E-state index contributed by atoms with van der Waals surface area (Å²) in [5.41, 5.74) is 11.1. The number of aryl methyl sites for hydroxylation is 1. The number of primary amides is 1. The Balaban J connectivity index is 2.21. The van der Waals surface area contributed by atoms with Crippen LogP contribution in [-0.4, -0.2) is 30.5 Å². The maximum atomic E-state index is 11.0. The predicted molar refractivity (Wildman–Crippen MR) is 64.6 cm³/mol. The summed E-state index contributed by atoms with van der Waals surface area (Å²) < 4.78 is 3.33. The molecule has 0 unspecified atom stereocenters. The summed E-state index contributed by atoms with van der Waals surface area (Å²) >= 11 is 0. The van der Waals surface area contributed by atoms with E-state index in [-0.39, 0.29) is 11.4 Å².